The van der Waals surface area contributed by atoms with Gasteiger partial charge >= 0.3 is 0 Å². The SMILES string of the molecule is CCC1CCc2sc(-c3nnc(SC(C)C(=O)c4ccc5c(c4)NC(=O)CO5)n3C)cc2C1. The van der Waals surface area contributed by atoms with Gasteiger partial charge in [-0.15, -0.1) is 21.5 Å². The number of fused-ring (bicyclic) bond motifs is 2. The van der Waals surface area contributed by atoms with Crippen LogP contribution in [0.1, 0.15) is 47.5 Å². The summed E-state index contributed by atoms with van der Waals surface area (Å²) < 4.78 is 7.36. The second kappa shape index (κ2) is 8.95. The Morgan fingerprint density at radius 3 is 3.03 bits per heavy atom. The molecule has 0 saturated heterocycles. The minimum atomic E-state index is -0.360. The minimum Gasteiger partial charge on any atom is -0.482 e. The van der Waals surface area contributed by atoms with Crippen molar-refractivity contribution in [3.8, 4) is 16.5 Å². The fraction of sp³-hybridized carbons (Fsp3) is 0.417. The Labute approximate surface area is 200 Å². The molecule has 172 valence electrons. The second-order valence-electron chi connectivity index (χ2n) is 8.61. The average Bonchev–Trinajstić information content (AvgIpc) is 3.40. The van der Waals surface area contributed by atoms with Gasteiger partial charge in [0.25, 0.3) is 5.91 Å². The lowest BCUT2D eigenvalue weighted by Gasteiger charge is -2.19. The third kappa shape index (κ3) is 4.31. The van der Waals surface area contributed by atoms with Crippen LogP contribution in [-0.2, 0) is 24.7 Å². The van der Waals surface area contributed by atoms with Crippen molar-refractivity contribution in [2.75, 3.05) is 11.9 Å². The molecular weight excluding hydrogens is 456 g/mol. The first-order valence-corrected chi connectivity index (χ1v) is 12.9. The Hall–Kier alpha value is -2.65. The zero-order valence-corrected chi connectivity index (χ0v) is 20.5. The molecule has 1 amide bonds. The second-order valence-corrected chi connectivity index (χ2v) is 11.1. The largest absolute Gasteiger partial charge is 0.482 e. The molecule has 2 atom stereocenters. The van der Waals surface area contributed by atoms with Crippen LogP contribution in [0.25, 0.3) is 10.7 Å². The van der Waals surface area contributed by atoms with E-state index in [9.17, 15) is 9.59 Å². The Bertz CT molecular complexity index is 1230. The molecule has 2 aromatic heterocycles. The van der Waals surface area contributed by atoms with E-state index in [-0.39, 0.29) is 23.5 Å². The van der Waals surface area contributed by atoms with Crippen molar-refractivity contribution in [3.63, 3.8) is 0 Å². The van der Waals surface area contributed by atoms with Gasteiger partial charge in [0.1, 0.15) is 5.75 Å². The van der Waals surface area contributed by atoms with Crippen molar-refractivity contribution in [1.29, 1.82) is 0 Å². The number of Topliss-reactive ketones (excluding diaryl/α,β-unsaturated/α-hetero) is 1. The third-order valence-corrected chi connectivity index (χ3v) is 8.73. The summed E-state index contributed by atoms with van der Waals surface area (Å²) in [6.45, 7) is 4.13. The van der Waals surface area contributed by atoms with Gasteiger partial charge in [-0.25, -0.2) is 0 Å². The number of carbonyl (C=O) groups is 2. The molecule has 3 heterocycles. The number of hydrogen-bond donors (Lipinski definition) is 1. The zero-order chi connectivity index (χ0) is 23.1. The quantitative estimate of drug-likeness (QED) is 0.403. The van der Waals surface area contributed by atoms with Crippen LogP contribution in [0.15, 0.2) is 29.4 Å². The van der Waals surface area contributed by atoms with E-state index in [1.165, 1.54) is 35.0 Å². The summed E-state index contributed by atoms with van der Waals surface area (Å²) in [5, 5.41) is 11.9. The smallest absolute Gasteiger partial charge is 0.262 e. The number of ketones is 1. The van der Waals surface area contributed by atoms with Gasteiger partial charge in [0.05, 0.1) is 15.8 Å². The van der Waals surface area contributed by atoms with Crippen LogP contribution in [0.2, 0.25) is 0 Å². The normalized spacial score (nSPS) is 18.2. The summed E-state index contributed by atoms with van der Waals surface area (Å²) in [5.41, 5.74) is 2.51. The molecule has 1 aromatic carbocycles. The molecule has 33 heavy (non-hydrogen) atoms. The lowest BCUT2D eigenvalue weighted by molar-refractivity contribution is -0.118. The Morgan fingerprint density at radius 2 is 2.21 bits per heavy atom. The average molecular weight is 483 g/mol. The van der Waals surface area contributed by atoms with Crippen molar-refractivity contribution in [2.24, 2.45) is 13.0 Å². The van der Waals surface area contributed by atoms with Gasteiger partial charge in [-0.05, 0) is 61.9 Å². The van der Waals surface area contributed by atoms with E-state index < -0.39 is 0 Å². The predicted octanol–water partition coefficient (Wildman–Crippen LogP) is 4.75. The van der Waals surface area contributed by atoms with Gasteiger partial charge in [0.2, 0.25) is 0 Å². The number of nitrogens with zero attached hydrogens (tertiary/aromatic N) is 3. The highest BCUT2D eigenvalue weighted by Crippen LogP contribution is 2.38. The molecule has 0 radical (unpaired) electrons. The number of aromatic nitrogens is 3. The van der Waals surface area contributed by atoms with Crippen LogP contribution in [0, 0.1) is 5.92 Å². The van der Waals surface area contributed by atoms with Crippen LogP contribution in [0.5, 0.6) is 5.75 Å². The number of ether oxygens (including phenoxy) is 1. The molecule has 1 aliphatic carbocycles. The summed E-state index contributed by atoms with van der Waals surface area (Å²) in [6.07, 6.45) is 4.79. The number of nitrogens with one attached hydrogen (secondary N) is 1. The number of thiophene rings is 1. The van der Waals surface area contributed by atoms with Crippen LogP contribution in [0.3, 0.4) is 0 Å². The van der Waals surface area contributed by atoms with Crippen molar-refractivity contribution in [1.82, 2.24) is 14.8 Å². The first-order chi connectivity index (χ1) is 15.9. The first-order valence-electron chi connectivity index (χ1n) is 11.2. The number of thioether (sulfide) groups is 1. The van der Waals surface area contributed by atoms with Gasteiger partial charge < -0.3 is 14.6 Å². The van der Waals surface area contributed by atoms with E-state index in [0.717, 1.165) is 29.5 Å². The predicted molar refractivity (Wildman–Crippen MR) is 130 cm³/mol. The summed E-state index contributed by atoms with van der Waals surface area (Å²) in [7, 11) is 1.95. The summed E-state index contributed by atoms with van der Waals surface area (Å²) >= 11 is 3.21. The maximum atomic E-state index is 13.1. The molecule has 0 bridgehead atoms. The van der Waals surface area contributed by atoms with Gasteiger partial charge in [-0.3, -0.25) is 9.59 Å². The molecule has 1 N–H and O–H groups in total. The fourth-order valence-corrected chi connectivity index (χ4v) is 6.49. The van der Waals surface area contributed by atoms with Crippen LogP contribution in [-0.4, -0.2) is 38.3 Å². The molecule has 3 aromatic rings. The van der Waals surface area contributed by atoms with Gasteiger partial charge in [-0.2, -0.15) is 0 Å². The highest BCUT2D eigenvalue weighted by Gasteiger charge is 2.25. The fourth-order valence-electron chi connectivity index (χ4n) is 4.37. The van der Waals surface area contributed by atoms with Gasteiger partial charge in [0, 0.05) is 17.5 Å². The Morgan fingerprint density at radius 1 is 1.36 bits per heavy atom. The number of anilines is 1. The van der Waals surface area contributed by atoms with E-state index in [4.69, 9.17) is 4.74 Å². The first kappa shape index (κ1) is 22.2. The number of carbonyl (C=O) groups excluding carboxylic acids is 2. The number of amides is 1. The minimum absolute atomic E-state index is 0.00650. The van der Waals surface area contributed by atoms with Crippen molar-refractivity contribution >= 4 is 40.5 Å². The topological polar surface area (TPSA) is 86.1 Å². The van der Waals surface area contributed by atoms with E-state index in [0.29, 0.717) is 22.2 Å². The van der Waals surface area contributed by atoms with E-state index >= 15 is 0 Å². The number of hydrogen-bond acceptors (Lipinski definition) is 7. The molecule has 9 heteroatoms. The summed E-state index contributed by atoms with van der Waals surface area (Å²) in [4.78, 5) is 27.3. The number of benzene rings is 1. The lowest BCUT2D eigenvalue weighted by atomic mass is 9.87. The zero-order valence-electron chi connectivity index (χ0n) is 18.9. The monoisotopic (exact) mass is 482 g/mol. The number of aryl methyl sites for hydroxylation is 1. The van der Waals surface area contributed by atoms with E-state index in [2.05, 4.69) is 28.5 Å². The molecule has 0 spiro atoms. The molecule has 0 fully saturated rings. The van der Waals surface area contributed by atoms with Crippen LogP contribution in [0.4, 0.5) is 5.69 Å². The standard InChI is InChI=1S/C24H26N4O3S2/c1-4-14-5-8-19-16(9-14)11-20(33-19)23-26-27-24(28(23)3)32-13(2)22(30)15-6-7-18-17(10-15)25-21(29)12-31-18/h6-7,10-11,13-14H,4-5,8-9,12H2,1-3H3,(H,25,29). The van der Waals surface area contributed by atoms with Crippen LogP contribution < -0.4 is 10.1 Å². The molecule has 7 nitrogen and oxygen atoms in total. The highest BCUT2D eigenvalue weighted by molar-refractivity contribution is 8.00. The van der Waals surface area contributed by atoms with Crippen molar-refractivity contribution < 1.29 is 14.3 Å². The van der Waals surface area contributed by atoms with E-state index in [1.807, 2.05) is 29.9 Å². The lowest BCUT2D eigenvalue weighted by Crippen LogP contribution is -2.25. The maximum Gasteiger partial charge on any atom is 0.262 e. The number of rotatable bonds is 6. The maximum absolute atomic E-state index is 13.1. The van der Waals surface area contributed by atoms with Crippen LogP contribution >= 0.6 is 23.1 Å². The highest BCUT2D eigenvalue weighted by atomic mass is 32.2. The molecule has 0 saturated carbocycles. The summed E-state index contributed by atoms with van der Waals surface area (Å²) in [6, 6.07) is 7.41. The van der Waals surface area contributed by atoms with E-state index in [1.54, 1.807) is 18.2 Å². The molecule has 1 aliphatic heterocycles. The van der Waals surface area contributed by atoms with Crippen molar-refractivity contribution in [2.45, 2.75) is 49.9 Å². The third-order valence-electron chi connectivity index (χ3n) is 6.37. The molecule has 5 rings (SSSR count). The summed E-state index contributed by atoms with van der Waals surface area (Å²) in [5.74, 6) is 1.94. The van der Waals surface area contributed by atoms with Gasteiger partial charge in [-0.1, -0.05) is 25.1 Å². The Balaban J connectivity index is 1.32. The van der Waals surface area contributed by atoms with Crippen molar-refractivity contribution in [3.05, 3.63) is 40.3 Å². The molecule has 2 aliphatic rings. The van der Waals surface area contributed by atoms with Gasteiger partial charge in [0.15, 0.2) is 23.4 Å². The molecule has 2 unspecified atom stereocenters. The Kier molecular flexibility index (Phi) is 6.01. The molecular formula is C24H26N4O3S2.